The average Bonchev–Trinajstić information content (AvgIpc) is 2.81. The minimum Gasteiger partial charge on any atom is -0.457 e. The van der Waals surface area contributed by atoms with Crippen LogP contribution in [0.5, 0.6) is 11.5 Å². The molecule has 1 aliphatic heterocycles. The van der Waals surface area contributed by atoms with Crippen LogP contribution in [0.3, 0.4) is 0 Å². The van der Waals surface area contributed by atoms with Gasteiger partial charge in [-0.1, -0.05) is 42.5 Å². The Labute approximate surface area is 194 Å². The van der Waals surface area contributed by atoms with Crippen molar-refractivity contribution in [3.8, 4) is 11.5 Å². The SMILES string of the molecule is CC(=O)NC1CCN(Cc2ccc(CCn3ccc(Oc4ccccc4)cc3=O)cc2)CC1. The normalized spacial score (nSPS) is 14.7. The maximum absolute atomic E-state index is 12.5. The lowest BCUT2D eigenvalue weighted by atomic mass is 10.0. The van der Waals surface area contributed by atoms with Crippen LogP contribution in [0.15, 0.2) is 77.7 Å². The second-order valence-electron chi connectivity index (χ2n) is 8.63. The first-order chi connectivity index (χ1) is 16.0. The summed E-state index contributed by atoms with van der Waals surface area (Å²) in [5.74, 6) is 1.32. The maximum atomic E-state index is 12.5. The van der Waals surface area contributed by atoms with Gasteiger partial charge in [-0.2, -0.15) is 0 Å². The lowest BCUT2D eigenvalue weighted by Crippen LogP contribution is -2.43. The molecule has 0 aliphatic carbocycles. The molecule has 0 unspecified atom stereocenters. The molecule has 1 N–H and O–H groups in total. The number of pyridine rings is 1. The molecule has 0 atom stereocenters. The van der Waals surface area contributed by atoms with E-state index in [1.54, 1.807) is 17.7 Å². The molecule has 1 fully saturated rings. The maximum Gasteiger partial charge on any atom is 0.254 e. The summed E-state index contributed by atoms with van der Waals surface area (Å²) in [6.07, 6.45) is 4.59. The first-order valence-corrected chi connectivity index (χ1v) is 11.6. The highest BCUT2D eigenvalue weighted by Gasteiger charge is 2.19. The van der Waals surface area contributed by atoms with E-state index in [4.69, 9.17) is 4.74 Å². The van der Waals surface area contributed by atoms with Gasteiger partial charge in [-0.25, -0.2) is 0 Å². The molecule has 6 heteroatoms. The third-order valence-electron chi connectivity index (χ3n) is 6.01. The quantitative estimate of drug-likeness (QED) is 0.570. The molecule has 0 bridgehead atoms. The Kier molecular flexibility index (Phi) is 7.58. The van der Waals surface area contributed by atoms with Gasteiger partial charge in [-0.3, -0.25) is 14.5 Å². The Hall–Kier alpha value is -3.38. The summed E-state index contributed by atoms with van der Waals surface area (Å²) in [7, 11) is 0. The van der Waals surface area contributed by atoms with E-state index < -0.39 is 0 Å². The monoisotopic (exact) mass is 445 g/mol. The molecule has 1 saturated heterocycles. The second-order valence-corrected chi connectivity index (χ2v) is 8.63. The molecule has 0 radical (unpaired) electrons. The van der Waals surface area contributed by atoms with Crippen molar-refractivity contribution >= 4 is 5.91 Å². The molecule has 2 aromatic carbocycles. The molecule has 33 heavy (non-hydrogen) atoms. The summed E-state index contributed by atoms with van der Waals surface area (Å²) >= 11 is 0. The van der Waals surface area contributed by atoms with Crippen LogP contribution < -0.4 is 15.6 Å². The molecule has 0 saturated carbocycles. The molecular formula is C27H31N3O3. The number of nitrogens with one attached hydrogen (secondary N) is 1. The summed E-state index contributed by atoms with van der Waals surface area (Å²) in [6, 6.07) is 21.8. The minimum absolute atomic E-state index is 0.0581. The molecule has 2 heterocycles. The number of para-hydroxylation sites is 1. The van der Waals surface area contributed by atoms with Crippen LogP contribution in [0, 0.1) is 0 Å². The van der Waals surface area contributed by atoms with E-state index in [2.05, 4.69) is 34.5 Å². The first-order valence-electron chi connectivity index (χ1n) is 11.6. The molecule has 1 aliphatic rings. The second kappa shape index (κ2) is 11.0. The lowest BCUT2D eigenvalue weighted by molar-refractivity contribution is -0.119. The van der Waals surface area contributed by atoms with E-state index in [-0.39, 0.29) is 11.5 Å². The molecular weight excluding hydrogens is 414 g/mol. The van der Waals surface area contributed by atoms with Crippen LogP contribution in [-0.2, 0) is 24.3 Å². The zero-order chi connectivity index (χ0) is 23.0. The van der Waals surface area contributed by atoms with Crippen molar-refractivity contribution in [2.45, 2.75) is 45.3 Å². The van der Waals surface area contributed by atoms with Crippen molar-refractivity contribution in [1.29, 1.82) is 0 Å². The Morgan fingerprint density at radius 1 is 0.970 bits per heavy atom. The van der Waals surface area contributed by atoms with E-state index in [0.717, 1.165) is 38.9 Å². The van der Waals surface area contributed by atoms with E-state index in [9.17, 15) is 9.59 Å². The summed E-state index contributed by atoms with van der Waals surface area (Å²) in [5, 5.41) is 3.02. The van der Waals surface area contributed by atoms with Gasteiger partial charge in [0.25, 0.3) is 5.56 Å². The fourth-order valence-electron chi connectivity index (χ4n) is 4.20. The third kappa shape index (κ3) is 6.80. The van der Waals surface area contributed by atoms with Crippen molar-refractivity contribution in [3.05, 3.63) is 94.4 Å². The number of carbonyl (C=O) groups is 1. The Bertz CT molecular complexity index is 1100. The molecule has 6 nitrogen and oxygen atoms in total. The Morgan fingerprint density at radius 3 is 2.33 bits per heavy atom. The van der Waals surface area contributed by atoms with Crippen molar-refractivity contribution in [3.63, 3.8) is 0 Å². The standard InChI is InChI=1S/C27H31N3O3/c1-21(31)28-24-12-15-29(16-13-24)20-23-9-7-22(8-10-23)11-17-30-18-14-26(19-27(30)32)33-25-5-3-2-4-6-25/h2-10,14,18-19,24H,11-13,15-17,20H2,1H3,(H,28,31). The smallest absolute Gasteiger partial charge is 0.254 e. The Balaban J connectivity index is 1.26. The fourth-order valence-corrected chi connectivity index (χ4v) is 4.20. The number of piperidine rings is 1. The summed E-state index contributed by atoms with van der Waals surface area (Å²) in [4.78, 5) is 26.1. The predicted octanol–water partition coefficient (Wildman–Crippen LogP) is 3.98. The summed E-state index contributed by atoms with van der Waals surface area (Å²) in [5.41, 5.74) is 2.43. The van der Waals surface area contributed by atoms with Gasteiger partial charge < -0.3 is 14.6 Å². The number of aromatic nitrogens is 1. The van der Waals surface area contributed by atoms with Crippen LogP contribution in [0.1, 0.15) is 30.9 Å². The summed E-state index contributed by atoms with van der Waals surface area (Å²) < 4.78 is 7.45. The van der Waals surface area contributed by atoms with E-state index in [0.29, 0.717) is 24.1 Å². The molecule has 172 valence electrons. The highest BCUT2D eigenvalue weighted by Crippen LogP contribution is 2.19. The molecule has 4 rings (SSSR count). The van der Waals surface area contributed by atoms with Crippen LogP contribution in [0.4, 0.5) is 0 Å². The van der Waals surface area contributed by atoms with Gasteiger partial charge in [0.05, 0.1) is 0 Å². The number of nitrogens with zero attached hydrogens (tertiary/aromatic N) is 2. The molecule has 0 spiro atoms. The highest BCUT2D eigenvalue weighted by atomic mass is 16.5. The first kappa shape index (κ1) is 22.8. The van der Waals surface area contributed by atoms with Gasteiger partial charge in [-0.05, 0) is 48.6 Å². The largest absolute Gasteiger partial charge is 0.457 e. The number of ether oxygens (including phenoxy) is 1. The number of rotatable bonds is 8. The van der Waals surface area contributed by atoms with Gasteiger partial charge in [0.15, 0.2) is 0 Å². The van der Waals surface area contributed by atoms with Gasteiger partial charge in [0.2, 0.25) is 5.91 Å². The van der Waals surface area contributed by atoms with Crippen molar-refractivity contribution in [2.75, 3.05) is 13.1 Å². The topological polar surface area (TPSA) is 63.6 Å². The van der Waals surface area contributed by atoms with Crippen molar-refractivity contribution < 1.29 is 9.53 Å². The predicted molar refractivity (Wildman–Crippen MR) is 129 cm³/mol. The number of benzene rings is 2. The number of carbonyl (C=O) groups excluding carboxylic acids is 1. The van der Waals surface area contributed by atoms with Crippen LogP contribution in [-0.4, -0.2) is 34.5 Å². The number of aryl methyl sites for hydroxylation is 2. The van der Waals surface area contributed by atoms with E-state index in [1.807, 2.05) is 36.4 Å². The highest BCUT2D eigenvalue weighted by molar-refractivity contribution is 5.73. The van der Waals surface area contributed by atoms with Crippen molar-refractivity contribution in [1.82, 2.24) is 14.8 Å². The van der Waals surface area contributed by atoms with Gasteiger partial charge in [-0.15, -0.1) is 0 Å². The van der Waals surface area contributed by atoms with Crippen LogP contribution in [0.2, 0.25) is 0 Å². The van der Waals surface area contributed by atoms with Crippen molar-refractivity contribution in [2.24, 2.45) is 0 Å². The number of hydrogen-bond acceptors (Lipinski definition) is 4. The zero-order valence-corrected chi connectivity index (χ0v) is 19.1. The van der Waals surface area contributed by atoms with Gasteiger partial charge in [0.1, 0.15) is 11.5 Å². The molecule has 1 aromatic heterocycles. The Morgan fingerprint density at radius 2 is 1.67 bits per heavy atom. The number of hydrogen-bond donors (Lipinski definition) is 1. The third-order valence-corrected chi connectivity index (χ3v) is 6.01. The molecule has 1 amide bonds. The zero-order valence-electron chi connectivity index (χ0n) is 19.1. The van der Waals surface area contributed by atoms with Crippen LogP contribution >= 0.6 is 0 Å². The fraction of sp³-hybridized carbons (Fsp3) is 0.333. The average molecular weight is 446 g/mol. The molecule has 3 aromatic rings. The van der Waals surface area contributed by atoms with E-state index >= 15 is 0 Å². The van der Waals surface area contributed by atoms with E-state index in [1.165, 1.54) is 17.2 Å². The summed E-state index contributed by atoms with van der Waals surface area (Å²) in [6.45, 7) is 5.13. The lowest BCUT2D eigenvalue weighted by Gasteiger charge is -2.32. The van der Waals surface area contributed by atoms with Crippen LogP contribution in [0.25, 0.3) is 0 Å². The van der Waals surface area contributed by atoms with Gasteiger partial charge >= 0.3 is 0 Å². The number of amides is 1. The minimum atomic E-state index is -0.0669. The number of likely N-dealkylation sites (tertiary alicyclic amines) is 1. The van der Waals surface area contributed by atoms with Gasteiger partial charge in [0, 0.05) is 51.4 Å².